The number of amides is 1. The van der Waals surface area contributed by atoms with E-state index in [4.69, 9.17) is 4.74 Å². The highest BCUT2D eigenvalue weighted by atomic mass is 19.1. The number of halogens is 2. The second kappa shape index (κ2) is 14.4. The molecule has 2 unspecified atom stereocenters. The standard InChI is InChI=1S/C30H34F2N2O4/c1-3-20-5-4-6-21(13-20)18-33-19-29(36)27(16-22-14-24(31)17-25(32)15-22)34-30(37)12-11-28(35)23-7-9-26(38-2)10-8-23/h4-10,13-15,17,27,29,33,36H,3,11-12,16,18-19H2,1-2H3,(H,34,37). The number of ketones is 1. The van der Waals surface area contributed by atoms with E-state index >= 15 is 0 Å². The van der Waals surface area contributed by atoms with Gasteiger partial charge in [-0.3, -0.25) is 9.59 Å². The van der Waals surface area contributed by atoms with Crippen LogP contribution in [0.25, 0.3) is 0 Å². The van der Waals surface area contributed by atoms with Crippen LogP contribution >= 0.6 is 0 Å². The molecule has 38 heavy (non-hydrogen) atoms. The zero-order valence-electron chi connectivity index (χ0n) is 21.7. The summed E-state index contributed by atoms with van der Waals surface area (Å²) in [6, 6.07) is 17.0. The largest absolute Gasteiger partial charge is 0.497 e. The fourth-order valence-electron chi connectivity index (χ4n) is 4.16. The number of aryl methyl sites for hydroxylation is 1. The van der Waals surface area contributed by atoms with Crippen molar-refractivity contribution < 1.29 is 28.2 Å². The van der Waals surface area contributed by atoms with Crippen LogP contribution < -0.4 is 15.4 Å². The molecule has 202 valence electrons. The monoisotopic (exact) mass is 524 g/mol. The molecule has 0 saturated carbocycles. The number of ether oxygens (including phenoxy) is 1. The molecule has 1 amide bonds. The quantitative estimate of drug-likeness (QED) is 0.273. The van der Waals surface area contributed by atoms with E-state index in [2.05, 4.69) is 23.6 Å². The van der Waals surface area contributed by atoms with Crippen molar-refractivity contribution in [3.63, 3.8) is 0 Å². The summed E-state index contributed by atoms with van der Waals surface area (Å²) in [6.45, 7) is 2.73. The van der Waals surface area contributed by atoms with Gasteiger partial charge in [0.15, 0.2) is 5.78 Å². The molecule has 0 radical (unpaired) electrons. The minimum Gasteiger partial charge on any atom is -0.497 e. The molecule has 3 N–H and O–H groups in total. The third kappa shape index (κ3) is 9.04. The van der Waals surface area contributed by atoms with Gasteiger partial charge >= 0.3 is 0 Å². The average molecular weight is 525 g/mol. The molecule has 0 bridgehead atoms. The second-order valence-electron chi connectivity index (χ2n) is 9.18. The van der Waals surface area contributed by atoms with Crippen molar-refractivity contribution in [2.24, 2.45) is 0 Å². The number of methoxy groups -OCH3 is 1. The maximum absolute atomic E-state index is 13.8. The SMILES string of the molecule is CCc1cccc(CNCC(O)C(Cc2cc(F)cc(F)c2)NC(=O)CCC(=O)c2ccc(OC)cc2)c1. The van der Waals surface area contributed by atoms with Crippen molar-refractivity contribution in [2.75, 3.05) is 13.7 Å². The van der Waals surface area contributed by atoms with Gasteiger partial charge in [0, 0.05) is 37.6 Å². The molecule has 2 atom stereocenters. The van der Waals surface area contributed by atoms with Crippen LogP contribution in [0.4, 0.5) is 8.78 Å². The van der Waals surface area contributed by atoms with Crippen molar-refractivity contribution in [1.29, 1.82) is 0 Å². The number of hydrogen-bond donors (Lipinski definition) is 3. The summed E-state index contributed by atoms with van der Waals surface area (Å²) in [5.74, 6) is -1.50. The summed E-state index contributed by atoms with van der Waals surface area (Å²) in [5, 5.41) is 16.8. The van der Waals surface area contributed by atoms with E-state index in [1.807, 2.05) is 18.2 Å². The van der Waals surface area contributed by atoms with E-state index in [0.29, 0.717) is 23.4 Å². The number of hydrogen-bond acceptors (Lipinski definition) is 5. The zero-order chi connectivity index (χ0) is 27.5. The average Bonchev–Trinajstić information content (AvgIpc) is 2.91. The highest BCUT2D eigenvalue weighted by Gasteiger charge is 2.23. The van der Waals surface area contributed by atoms with Crippen LogP contribution in [-0.4, -0.2) is 42.6 Å². The lowest BCUT2D eigenvalue weighted by Crippen LogP contribution is -2.48. The Labute approximate surface area is 222 Å². The Kier molecular flexibility index (Phi) is 10.9. The van der Waals surface area contributed by atoms with Gasteiger partial charge in [-0.05, 0) is 65.9 Å². The zero-order valence-corrected chi connectivity index (χ0v) is 21.7. The number of Topliss-reactive ketones (excluding diaryl/α,β-unsaturated/α-hetero) is 1. The number of carbonyl (C=O) groups excluding carboxylic acids is 2. The van der Waals surface area contributed by atoms with Crippen LogP contribution in [0.2, 0.25) is 0 Å². The number of aliphatic hydroxyl groups excluding tert-OH is 1. The van der Waals surface area contributed by atoms with Crippen LogP contribution in [0, 0.1) is 11.6 Å². The lowest BCUT2D eigenvalue weighted by atomic mass is 9.99. The Hall–Kier alpha value is -3.62. The normalized spacial score (nSPS) is 12.6. The summed E-state index contributed by atoms with van der Waals surface area (Å²) in [5.41, 5.74) is 3.02. The number of nitrogens with one attached hydrogen (secondary N) is 2. The maximum Gasteiger partial charge on any atom is 0.220 e. The number of aliphatic hydroxyl groups is 1. The van der Waals surface area contributed by atoms with Crippen LogP contribution in [0.5, 0.6) is 5.75 Å². The summed E-state index contributed by atoms with van der Waals surface area (Å²) >= 11 is 0. The van der Waals surface area contributed by atoms with E-state index in [1.165, 1.54) is 24.8 Å². The molecule has 0 saturated heterocycles. The molecule has 0 aromatic heterocycles. The third-order valence-corrected chi connectivity index (χ3v) is 6.26. The summed E-state index contributed by atoms with van der Waals surface area (Å²) in [7, 11) is 1.53. The number of rotatable bonds is 14. The molecule has 6 nitrogen and oxygen atoms in total. The maximum atomic E-state index is 13.8. The first kappa shape index (κ1) is 28.9. The molecule has 0 heterocycles. The van der Waals surface area contributed by atoms with Crippen molar-refractivity contribution in [2.45, 2.75) is 51.3 Å². The molecule has 3 aromatic carbocycles. The first-order valence-corrected chi connectivity index (χ1v) is 12.7. The van der Waals surface area contributed by atoms with E-state index in [-0.39, 0.29) is 31.6 Å². The Morgan fingerprint density at radius 3 is 2.26 bits per heavy atom. The second-order valence-corrected chi connectivity index (χ2v) is 9.18. The van der Waals surface area contributed by atoms with E-state index in [9.17, 15) is 23.5 Å². The predicted octanol–water partition coefficient (Wildman–Crippen LogP) is 4.38. The van der Waals surface area contributed by atoms with Gasteiger partial charge in [0.2, 0.25) is 5.91 Å². The lowest BCUT2D eigenvalue weighted by Gasteiger charge is -2.25. The van der Waals surface area contributed by atoms with Gasteiger partial charge in [0.1, 0.15) is 17.4 Å². The van der Waals surface area contributed by atoms with E-state index in [1.54, 1.807) is 24.3 Å². The van der Waals surface area contributed by atoms with Gasteiger partial charge < -0.3 is 20.5 Å². The van der Waals surface area contributed by atoms with Crippen LogP contribution in [0.3, 0.4) is 0 Å². The van der Waals surface area contributed by atoms with Gasteiger partial charge in [-0.1, -0.05) is 31.2 Å². The molecule has 0 fully saturated rings. The smallest absolute Gasteiger partial charge is 0.220 e. The van der Waals surface area contributed by atoms with Gasteiger partial charge in [0.05, 0.1) is 19.3 Å². The Balaban J connectivity index is 1.61. The molecule has 0 spiro atoms. The topological polar surface area (TPSA) is 87.7 Å². The molecule has 0 aliphatic heterocycles. The fourth-order valence-corrected chi connectivity index (χ4v) is 4.16. The lowest BCUT2D eigenvalue weighted by molar-refractivity contribution is -0.122. The summed E-state index contributed by atoms with van der Waals surface area (Å²) in [6.07, 6.45) is -0.238. The van der Waals surface area contributed by atoms with Crippen LogP contribution in [0.15, 0.2) is 66.7 Å². The van der Waals surface area contributed by atoms with Gasteiger partial charge in [-0.2, -0.15) is 0 Å². The first-order valence-electron chi connectivity index (χ1n) is 12.7. The Bertz CT molecular complexity index is 1200. The Morgan fingerprint density at radius 1 is 0.921 bits per heavy atom. The molecule has 8 heteroatoms. The van der Waals surface area contributed by atoms with Crippen molar-refractivity contribution >= 4 is 11.7 Å². The number of benzene rings is 3. The van der Waals surface area contributed by atoms with Crippen molar-refractivity contribution in [3.05, 3.63) is 101 Å². The van der Waals surface area contributed by atoms with Gasteiger partial charge in [-0.15, -0.1) is 0 Å². The van der Waals surface area contributed by atoms with Crippen LogP contribution in [0.1, 0.15) is 46.8 Å². The molecule has 0 aliphatic carbocycles. The predicted molar refractivity (Wildman–Crippen MR) is 142 cm³/mol. The molecule has 3 rings (SSSR count). The summed E-state index contributed by atoms with van der Waals surface area (Å²) < 4.78 is 32.6. The first-order chi connectivity index (χ1) is 18.3. The van der Waals surface area contributed by atoms with E-state index < -0.39 is 29.7 Å². The van der Waals surface area contributed by atoms with E-state index in [0.717, 1.165) is 18.1 Å². The Morgan fingerprint density at radius 2 is 1.61 bits per heavy atom. The third-order valence-electron chi connectivity index (χ3n) is 6.26. The molecular formula is C30H34F2N2O4. The number of carbonyl (C=O) groups is 2. The summed E-state index contributed by atoms with van der Waals surface area (Å²) in [4.78, 5) is 25.2. The molecular weight excluding hydrogens is 490 g/mol. The minimum atomic E-state index is -1.04. The molecule has 3 aromatic rings. The highest BCUT2D eigenvalue weighted by molar-refractivity contribution is 5.98. The fraction of sp³-hybridized carbons (Fsp3) is 0.333. The van der Waals surface area contributed by atoms with Crippen LogP contribution in [-0.2, 0) is 24.2 Å². The van der Waals surface area contributed by atoms with Gasteiger partial charge in [0.25, 0.3) is 0 Å². The highest BCUT2D eigenvalue weighted by Crippen LogP contribution is 2.15. The van der Waals surface area contributed by atoms with Crippen molar-refractivity contribution in [3.8, 4) is 5.75 Å². The van der Waals surface area contributed by atoms with Gasteiger partial charge in [-0.25, -0.2) is 8.78 Å². The minimum absolute atomic E-state index is 0.0149. The van der Waals surface area contributed by atoms with Crippen molar-refractivity contribution in [1.82, 2.24) is 10.6 Å². The molecule has 0 aliphatic rings.